The van der Waals surface area contributed by atoms with Crippen LogP contribution < -0.4 is 19.7 Å². The molecule has 2 aromatic rings. The molecule has 7 nitrogen and oxygen atoms in total. The number of carbonyl (C=O) groups excluding carboxylic acids is 3. The first-order chi connectivity index (χ1) is 13.8. The molecular formula is C21H19ClN2O5. The van der Waals surface area contributed by atoms with E-state index in [1.807, 2.05) is 13.8 Å². The van der Waals surface area contributed by atoms with E-state index in [9.17, 15) is 14.4 Å². The van der Waals surface area contributed by atoms with Crippen molar-refractivity contribution in [3.05, 3.63) is 58.6 Å². The fourth-order valence-corrected chi connectivity index (χ4v) is 2.88. The second-order valence-corrected chi connectivity index (χ2v) is 6.94. The van der Waals surface area contributed by atoms with E-state index in [1.54, 1.807) is 30.3 Å². The van der Waals surface area contributed by atoms with E-state index in [-0.39, 0.29) is 11.7 Å². The number of nitrogens with one attached hydrogen (secondary N) is 1. The molecule has 0 unspecified atom stereocenters. The predicted octanol–water partition coefficient (Wildman–Crippen LogP) is 3.80. The maximum Gasteiger partial charge on any atom is 0.335 e. The van der Waals surface area contributed by atoms with E-state index in [1.165, 1.54) is 25.3 Å². The number of amides is 4. The monoisotopic (exact) mass is 414 g/mol. The molecule has 0 atom stereocenters. The second kappa shape index (κ2) is 8.36. The largest absolute Gasteiger partial charge is 0.497 e. The average Bonchev–Trinajstić information content (AvgIpc) is 2.67. The summed E-state index contributed by atoms with van der Waals surface area (Å²) in [4.78, 5) is 38.5. The first kappa shape index (κ1) is 20.4. The molecule has 8 heteroatoms. The molecule has 0 radical (unpaired) electrons. The van der Waals surface area contributed by atoms with Gasteiger partial charge in [-0.2, -0.15) is 0 Å². The lowest BCUT2D eigenvalue weighted by Crippen LogP contribution is -2.54. The minimum Gasteiger partial charge on any atom is -0.497 e. The van der Waals surface area contributed by atoms with E-state index in [4.69, 9.17) is 21.1 Å². The van der Waals surface area contributed by atoms with Crippen LogP contribution in [0.25, 0.3) is 6.08 Å². The number of halogens is 1. The minimum atomic E-state index is -0.826. The Morgan fingerprint density at radius 2 is 1.76 bits per heavy atom. The van der Waals surface area contributed by atoms with Crippen LogP contribution in [0.3, 0.4) is 0 Å². The summed E-state index contributed by atoms with van der Waals surface area (Å²) in [7, 11) is 1.53. The fraction of sp³-hybridized carbons (Fsp3) is 0.190. The molecule has 1 saturated heterocycles. The van der Waals surface area contributed by atoms with Crippen molar-refractivity contribution in [3.8, 4) is 11.5 Å². The lowest BCUT2D eigenvalue weighted by molar-refractivity contribution is -0.122. The number of imide groups is 2. The SMILES string of the molecule is COc1ccc(/C=C2\C(=O)NC(=O)N(c3ccc(Cl)cc3)C2=O)c(OC(C)C)c1. The summed E-state index contributed by atoms with van der Waals surface area (Å²) in [6.07, 6.45) is 1.26. The number of methoxy groups -OCH3 is 1. The molecule has 1 fully saturated rings. The Hall–Kier alpha value is -3.32. The van der Waals surface area contributed by atoms with E-state index >= 15 is 0 Å². The number of benzene rings is 2. The van der Waals surface area contributed by atoms with Crippen LogP contribution in [0.2, 0.25) is 5.02 Å². The van der Waals surface area contributed by atoms with Crippen LogP contribution in [0.5, 0.6) is 11.5 Å². The molecule has 1 heterocycles. The lowest BCUT2D eigenvalue weighted by atomic mass is 10.1. The molecule has 4 amide bonds. The van der Waals surface area contributed by atoms with Crippen molar-refractivity contribution in [2.45, 2.75) is 20.0 Å². The molecule has 2 aromatic carbocycles. The van der Waals surface area contributed by atoms with Gasteiger partial charge in [-0.15, -0.1) is 0 Å². The van der Waals surface area contributed by atoms with E-state index in [0.29, 0.717) is 27.8 Å². The van der Waals surface area contributed by atoms with Crippen LogP contribution in [-0.2, 0) is 9.59 Å². The highest BCUT2D eigenvalue weighted by atomic mass is 35.5. The van der Waals surface area contributed by atoms with Crippen LogP contribution in [0.1, 0.15) is 19.4 Å². The van der Waals surface area contributed by atoms with Gasteiger partial charge in [-0.25, -0.2) is 9.69 Å². The zero-order valence-electron chi connectivity index (χ0n) is 16.1. The maximum atomic E-state index is 13.0. The number of rotatable bonds is 5. The summed E-state index contributed by atoms with van der Waals surface area (Å²) in [6.45, 7) is 3.71. The van der Waals surface area contributed by atoms with Crippen LogP contribution in [-0.4, -0.2) is 31.1 Å². The van der Waals surface area contributed by atoms with Gasteiger partial charge in [0.15, 0.2) is 0 Å². The van der Waals surface area contributed by atoms with Gasteiger partial charge >= 0.3 is 6.03 Å². The van der Waals surface area contributed by atoms with Gasteiger partial charge in [-0.05, 0) is 56.3 Å². The summed E-state index contributed by atoms with van der Waals surface area (Å²) in [5.41, 5.74) is 0.602. The molecule has 1 aliphatic heterocycles. The van der Waals surface area contributed by atoms with Gasteiger partial charge < -0.3 is 9.47 Å². The summed E-state index contributed by atoms with van der Waals surface area (Å²) in [6, 6.07) is 10.3. The van der Waals surface area contributed by atoms with Gasteiger partial charge in [0.1, 0.15) is 17.1 Å². The molecule has 0 spiro atoms. The molecule has 0 aliphatic carbocycles. The standard InChI is InChI=1S/C21H19ClN2O5/c1-12(2)29-18-11-16(28-3)9-4-13(18)10-17-19(25)23-21(27)24(20(17)26)15-7-5-14(22)6-8-15/h4-12H,1-3H3,(H,23,25,27)/b17-10+. The maximum absolute atomic E-state index is 13.0. The van der Waals surface area contributed by atoms with Crippen molar-refractivity contribution >= 4 is 41.2 Å². The molecular weight excluding hydrogens is 396 g/mol. The number of hydrogen-bond acceptors (Lipinski definition) is 5. The van der Waals surface area contributed by atoms with Gasteiger partial charge in [0.2, 0.25) is 0 Å². The number of ether oxygens (including phenoxy) is 2. The fourth-order valence-electron chi connectivity index (χ4n) is 2.75. The number of nitrogens with zero attached hydrogens (tertiary/aromatic N) is 1. The van der Waals surface area contributed by atoms with Crippen molar-refractivity contribution in [1.82, 2.24) is 5.32 Å². The quantitative estimate of drug-likeness (QED) is 0.594. The predicted molar refractivity (Wildman–Crippen MR) is 109 cm³/mol. The zero-order chi connectivity index (χ0) is 21.1. The Morgan fingerprint density at radius 3 is 2.38 bits per heavy atom. The molecule has 0 saturated carbocycles. The van der Waals surface area contributed by atoms with Crippen molar-refractivity contribution in [2.24, 2.45) is 0 Å². The highest BCUT2D eigenvalue weighted by molar-refractivity contribution is 6.39. The Kier molecular flexibility index (Phi) is 5.89. The van der Waals surface area contributed by atoms with Crippen molar-refractivity contribution < 1.29 is 23.9 Å². The van der Waals surface area contributed by atoms with Crippen LogP contribution in [0, 0.1) is 0 Å². The Morgan fingerprint density at radius 1 is 1.07 bits per heavy atom. The average molecular weight is 415 g/mol. The van der Waals surface area contributed by atoms with Crippen molar-refractivity contribution in [3.63, 3.8) is 0 Å². The summed E-state index contributed by atoms with van der Waals surface area (Å²) in [5.74, 6) is -0.508. The third-order valence-electron chi connectivity index (χ3n) is 4.07. The summed E-state index contributed by atoms with van der Waals surface area (Å²) >= 11 is 5.87. The first-order valence-electron chi connectivity index (χ1n) is 8.82. The Bertz CT molecular complexity index is 999. The van der Waals surface area contributed by atoms with Gasteiger partial charge in [0, 0.05) is 16.7 Å². The number of hydrogen-bond donors (Lipinski definition) is 1. The van der Waals surface area contributed by atoms with Gasteiger partial charge in [0.05, 0.1) is 18.9 Å². The van der Waals surface area contributed by atoms with E-state index < -0.39 is 17.8 Å². The number of carbonyl (C=O) groups is 3. The van der Waals surface area contributed by atoms with Crippen molar-refractivity contribution in [2.75, 3.05) is 12.0 Å². The number of anilines is 1. The van der Waals surface area contributed by atoms with Crippen molar-refractivity contribution in [1.29, 1.82) is 0 Å². The normalized spacial score (nSPS) is 15.7. The van der Waals surface area contributed by atoms with Crippen LogP contribution in [0.15, 0.2) is 48.0 Å². The lowest BCUT2D eigenvalue weighted by Gasteiger charge is -2.26. The van der Waals surface area contributed by atoms with Gasteiger partial charge in [-0.3, -0.25) is 14.9 Å². The summed E-state index contributed by atoms with van der Waals surface area (Å²) in [5, 5.41) is 2.64. The Labute approximate surface area is 172 Å². The van der Waals surface area contributed by atoms with Crippen LogP contribution in [0.4, 0.5) is 10.5 Å². The van der Waals surface area contributed by atoms with E-state index in [0.717, 1.165) is 4.90 Å². The molecule has 29 heavy (non-hydrogen) atoms. The number of barbiturate groups is 1. The zero-order valence-corrected chi connectivity index (χ0v) is 16.8. The van der Waals surface area contributed by atoms with Gasteiger partial charge in [0.25, 0.3) is 11.8 Å². The summed E-state index contributed by atoms with van der Waals surface area (Å²) < 4.78 is 11.0. The third kappa shape index (κ3) is 4.41. The molecule has 3 rings (SSSR count). The second-order valence-electron chi connectivity index (χ2n) is 6.50. The molecule has 1 N–H and O–H groups in total. The molecule has 0 aromatic heterocycles. The minimum absolute atomic E-state index is 0.137. The highest BCUT2D eigenvalue weighted by Crippen LogP contribution is 2.29. The smallest absolute Gasteiger partial charge is 0.335 e. The third-order valence-corrected chi connectivity index (χ3v) is 4.32. The van der Waals surface area contributed by atoms with Crippen LogP contribution >= 0.6 is 11.6 Å². The molecule has 1 aliphatic rings. The number of urea groups is 1. The topological polar surface area (TPSA) is 84.9 Å². The van der Waals surface area contributed by atoms with E-state index in [2.05, 4.69) is 5.32 Å². The Balaban J connectivity index is 2.03. The van der Waals surface area contributed by atoms with Gasteiger partial charge in [-0.1, -0.05) is 11.6 Å². The first-order valence-corrected chi connectivity index (χ1v) is 9.19. The molecule has 0 bridgehead atoms. The highest BCUT2D eigenvalue weighted by Gasteiger charge is 2.37. The molecule has 150 valence electrons.